The van der Waals surface area contributed by atoms with Crippen molar-refractivity contribution in [1.82, 2.24) is 4.31 Å². The molecule has 1 aliphatic rings. The van der Waals surface area contributed by atoms with Crippen LogP contribution in [-0.2, 0) is 23.4 Å². The van der Waals surface area contributed by atoms with E-state index in [-0.39, 0.29) is 17.8 Å². The van der Waals surface area contributed by atoms with Gasteiger partial charge >= 0.3 is 10.3 Å². The predicted octanol–water partition coefficient (Wildman–Crippen LogP) is 0.958. The first kappa shape index (κ1) is 11.1. The van der Waals surface area contributed by atoms with Crippen molar-refractivity contribution in [3.63, 3.8) is 0 Å². The lowest BCUT2D eigenvalue weighted by Gasteiger charge is -2.08. The molecule has 0 spiro atoms. The van der Waals surface area contributed by atoms with Crippen LogP contribution < -0.4 is 0 Å². The Morgan fingerprint density at radius 3 is 1.93 bits per heavy atom. The zero-order valence-corrected chi connectivity index (χ0v) is 8.07. The molecule has 0 unspecified atom stereocenters. The van der Waals surface area contributed by atoms with Crippen molar-refractivity contribution in [3.05, 3.63) is 35.4 Å². The van der Waals surface area contributed by atoms with E-state index in [4.69, 9.17) is 4.55 Å². The van der Waals surface area contributed by atoms with E-state index in [0.29, 0.717) is 0 Å². The molecule has 1 aromatic rings. The van der Waals surface area contributed by atoms with Crippen molar-refractivity contribution in [2.45, 2.75) is 13.1 Å². The number of hydrogen-bond acceptors (Lipinski definition) is 2. The van der Waals surface area contributed by atoms with E-state index in [0.717, 1.165) is 15.4 Å². The molecule has 0 amide bonds. The van der Waals surface area contributed by atoms with Gasteiger partial charge in [-0.15, -0.1) is 0 Å². The van der Waals surface area contributed by atoms with Gasteiger partial charge in [-0.3, -0.25) is 9.26 Å². The zero-order chi connectivity index (χ0) is 9.47. The van der Waals surface area contributed by atoms with Crippen LogP contribution in [0.1, 0.15) is 11.1 Å². The molecule has 1 heterocycles. The Morgan fingerprint density at radius 2 is 1.57 bits per heavy atom. The Morgan fingerprint density at radius 1 is 1.14 bits per heavy atom. The molecule has 0 saturated heterocycles. The summed E-state index contributed by atoms with van der Waals surface area (Å²) < 4.78 is 31.4. The number of halogens is 1. The van der Waals surface area contributed by atoms with Gasteiger partial charge in [0, 0.05) is 13.1 Å². The average Bonchev–Trinajstić information content (AvgIpc) is 2.45. The largest absolute Gasteiger partial charge is 0.336 e. The third-order valence-corrected chi connectivity index (χ3v) is 3.05. The van der Waals surface area contributed by atoms with Gasteiger partial charge in [0.05, 0.1) is 0 Å². The molecule has 0 saturated carbocycles. The van der Waals surface area contributed by atoms with Crippen molar-refractivity contribution >= 4 is 10.3 Å². The smallest absolute Gasteiger partial charge is 0.273 e. The second-order valence-electron chi connectivity index (χ2n) is 3.01. The van der Waals surface area contributed by atoms with Crippen molar-refractivity contribution in [3.8, 4) is 0 Å². The maximum absolute atomic E-state index is 10.8. The third-order valence-electron chi connectivity index (χ3n) is 2.14. The van der Waals surface area contributed by atoms with Gasteiger partial charge in [-0.2, -0.15) is 12.7 Å². The molecule has 0 fully saturated rings. The van der Waals surface area contributed by atoms with Crippen molar-refractivity contribution in [1.29, 1.82) is 0 Å². The topological polar surface area (TPSA) is 57.6 Å². The van der Waals surface area contributed by atoms with Crippen LogP contribution >= 0.6 is 0 Å². The molecule has 0 aliphatic carbocycles. The number of benzene rings is 1. The molecule has 2 rings (SSSR count). The van der Waals surface area contributed by atoms with Crippen LogP contribution in [0, 0.1) is 0 Å². The Kier molecular flexibility index (Phi) is 2.89. The fraction of sp³-hybridized carbons (Fsp3) is 0.250. The fourth-order valence-corrected chi connectivity index (χ4v) is 2.07. The van der Waals surface area contributed by atoms with Crippen molar-refractivity contribution in [2.24, 2.45) is 0 Å². The Balaban J connectivity index is 0.000000980. The summed E-state index contributed by atoms with van der Waals surface area (Å²) >= 11 is 0. The molecule has 0 bridgehead atoms. The Bertz CT molecular complexity index is 407. The molecule has 0 atom stereocenters. The quantitative estimate of drug-likeness (QED) is 0.716. The molecule has 6 heteroatoms. The number of hydrogen-bond donors (Lipinski definition) is 1. The fourth-order valence-electron chi connectivity index (χ4n) is 1.47. The van der Waals surface area contributed by atoms with E-state index in [1.165, 1.54) is 0 Å². The van der Waals surface area contributed by atoms with Crippen molar-refractivity contribution in [2.75, 3.05) is 0 Å². The van der Waals surface area contributed by atoms with E-state index < -0.39 is 10.3 Å². The minimum atomic E-state index is -4.04. The van der Waals surface area contributed by atoms with Crippen LogP contribution in [0.5, 0.6) is 0 Å². The van der Waals surface area contributed by atoms with E-state index in [1.54, 1.807) is 0 Å². The van der Waals surface area contributed by atoms with E-state index in [1.807, 2.05) is 24.3 Å². The summed E-state index contributed by atoms with van der Waals surface area (Å²) in [5, 5.41) is 0. The Labute approximate surface area is 81.4 Å². The lowest BCUT2D eigenvalue weighted by Crippen LogP contribution is -2.24. The van der Waals surface area contributed by atoms with Gasteiger partial charge in [0.25, 0.3) is 0 Å². The summed E-state index contributed by atoms with van der Waals surface area (Å²) in [6.45, 7) is 0.546. The number of nitrogens with zero attached hydrogens (tertiary/aromatic N) is 1. The standard InChI is InChI=1S/C8H9NO3S.FH/c10-13(11,12)9-5-7-3-1-2-4-8(7)6-9;/h1-4H,5-6H2,(H,10,11,12);1H. The second-order valence-corrected chi connectivity index (χ2v) is 4.43. The number of fused-ring (bicyclic) bond motifs is 1. The summed E-state index contributed by atoms with van der Waals surface area (Å²) in [6, 6.07) is 7.43. The molecular formula is C8H10FNO3S. The Hall–Kier alpha value is -0.980. The number of rotatable bonds is 1. The highest BCUT2D eigenvalue weighted by atomic mass is 32.2. The average molecular weight is 219 g/mol. The van der Waals surface area contributed by atoms with Crippen LogP contribution in [0.4, 0.5) is 4.70 Å². The predicted molar refractivity (Wildman–Crippen MR) is 49.7 cm³/mol. The summed E-state index contributed by atoms with van der Waals surface area (Å²) in [5.41, 5.74) is 1.92. The van der Waals surface area contributed by atoms with Gasteiger partial charge < -0.3 is 0 Å². The molecule has 78 valence electrons. The van der Waals surface area contributed by atoms with Gasteiger partial charge in [-0.1, -0.05) is 24.3 Å². The molecule has 0 radical (unpaired) electrons. The van der Waals surface area contributed by atoms with E-state index in [2.05, 4.69) is 0 Å². The van der Waals surface area contributed by atoms with Gasteiger partial charge in [0.15, 0.2) is 0 Å². The highest BCUT2D eigenvalue weighted by Gasteiger charge is 2.26. The van der Waals surface area contributed by atoms with Crippen LogP contribution in [0.15, 0.2) is 24.3 Å². The molecule has 4 nitrogen and oxygen atoms in total. The third kappa shape index (κ3) is 1.92. The first-order valence-electron chi connectivity index (χ1n) is 3.87. The highest BCUT2D eigenvalue weighted by molar-refractivity contribution is 7.83. The van der Waals surface area contributed by atoms with Crippen molar-refractivity contribution < 1.29 is 17.7 Å². The molecule has 1 N–H and O–H groups in total. The lowest BCUT2D eigenvalue weighted by molar-refractivity contribution is 0.360. The zero-order valence-electron chi connectivity index (χ0n) is 7.25. The van der Waals surface area contributed by atoms with Crippen LogP contribution in [0.3, 0.4) is 0 Å². The van der Waals surface area contributed by atoms with Gasteiger partial charge in [-0.05, 0) is 11.1 Å². The van der Waals surface area contributed by atoms with Gasteiger partial charge in [0.1, 0.15) is 0 Å². The molecule has 1 aliphatic heterocycles. The molecule has 0 aromatic heterocycles. The summed E-state index contributed by atoms with van der Waals surface area (Å²) in [6.07, 6.45) is 0. The van der Waals surface area contributed by atoms with Crippen LogP contribution in [-0.4, -0.2) is 17.3 Å². The molecule has 1 aromatic carbocycles. The van der Waals surface area contributed by atoms with Crippen LogP contribution in [0.25, 0.3) is 0 Å². The minimum absolute atomic E-state index is 0. The van der Waals surface area contributed by atoms with Gasteiger partial charge in [-0.25, -0.2) is 0 Å². The maximum atomic E-state index is 10.8. The van der Waals surface area contributed by atoms with E-state index in [9.17, 15) is 8.42 Å². The van der Waals surface area contributed by atoms with Gasteiger partial charge in [0.2, 0.25) is 0 Å². The maximum Gasteiger partial charge on any atom is 0.336 e. The summed E-state index contributed by atoms with van der Waals surface area (Å²) in [5.74, 6) is 0. The summed E-state index contributed by atoms with van der Waals surface area (Å²) in [4.78, 5) is 0. The van der Waals surface area contributed by atoms with E-state index >= 15 is 0 Å². The first-order chi connectivity index (χ1) is 6.07. The highest BCUT2D eigenvalue weighted by Crippen LogP contribution is 2.23. The van der Waals surface area contributed by atoms with Crippen LogP contribution in [0.2, 0.25) is 0 Å². The SMILES string of the molecule is F.O=S(=O)(O)N1Cc2ccccc2C1. The lowest BCUT2D eigenvalue weighted by atomic mass is 10.1. The molecule has 14 heavy (non-hydrogen) atoms. The second kappa shape index (κ2) is 3.64. The summed E-state index contributed by atoms with van der Waals surface area (Å²) in [7, 11) is -4.04. The monoisotopic (exact) mass is 219 g/mol. The normalized spacial score (nSPS) is 16.1. The molecular weight excluding hydrogens is 209 g/mol. The minimum Gasteiger partial charge on any atom is -0.273 e. The first-order valence-corrected chi connectivity index (χ1v) is 5.26.